The van der Waals surface area contributed by atoms with Crippen molar-refractivity contribution in [3.63, 3.8) is 0 Å². The zero-order valence-electron chi connectivity index (χ0n) is 17.2. The lowest BCUT2D eigenvalue weighted by molar-refractivity contribution is -0.119. The third kappa shape index (κ3) is 4.25. The molecule has 1 amide bonds. The number of nitrogens with zero attached hydrogens (tertiary/aromatic N) is 4. The molecule has 0 saturated carbocycles. The number of rotatable bonds is 5. The van der Waals surface area contributed by atoms with Gasteiger partial charge in [-0.3, -0.25) is 4.79 Å². The zero-order chi connectivity index (χ0) is 21.3. The molecule has 0 unspecified atom stereocenters. The van der Waals surface area contributed by atoms with E-state index in [4.69, 9.17) is 4.74 Å². The Balaban J connectivity index is 1.43. The predicted molar refractivity (Wildman–Crippen MR) is 113 cm³/mol. The number of aryl methyl sites for hydroxylation is 4. The van der Waals surface area contributed by atoms with Gasteiger partial charge in [-0.25, -0.2) is 14.8 Å². The molecule has 1 aliphatic carbocycles. The van der Waals surface area contributed by atoms with Gasteiger partial charge in [0.2, 0.25) is 0 Å². The number of hydrogen-bond acceptors (Lipinski definition) is 7. The molecule has 30 heavy (non-hydrogen) atoms. The van der Waals surface area contributed by atoms with Crippen LogP contribution in [0.25, 0.3) is 5.95 Å². The number of carbonyl (C=O) groups is 2. The number of fused-ring (bicyclic) bond motifs is 1. The van der Waals surface area contributed by atoms with E-state index in [0.29, 0.717) is 23.0 Å². The largest absolute Gasteiger partial charge is 0.452 e. The van der Waals surface area contributed by atoms with Gasteiger partial charge >= 0.3 is 5.97 Å². The Morgan fingerprint density at radius 3 is 2.60 bits per heavy atom. The molecule has 3 aromatic heterocycles. The first kappa shape index (κ1) is 20.2. The van der Waals surface area contributed by atoms with Crippen LogP contribution >= 0.6 is 11.3 Å². The van der Waals surface area contributed by atoms with Crippen molar-refractivity contribution in [2.24, 2.45) is 0 Å². The van der Waals surface area contributed by atoms with Gasteiger partial charge in [-0.1, -0.05) is 0 Å². The Hall–Kier alpha value is -3.07. The molecule has 9 heteroatoms. The van der Waals surface area contributed by atoms with Crippen molar-refractivity contribution in [1.82, 2.24) is 19.7 Å². The number of amides is 1. The van der Waals surface area contributed by atoms with Crippen LogP contribution in [0.1, 0.15) is 50.7 Å². The predicted octanol–water partition coefficient (Wildman–Crippen LogP) is 3.32. The molecule has 1 N–H and O–H groups in total. The van der Waals surface area contributed by atoms with E-state index in [2.05, 4.69) is 20.4 Å². The molecule has 4 rings (SSSR count). The van der Waals surface area contributed by atoms with Gasteiger partial charge in [0, 0.05) is 27.7 Å². The number of anilines is 1. The van der Waals surface area contributed by atoms with Crippen molar-refractivity contribution < 1.29 is 14.3 Å². The molecule has 0 bridgehead atoms. The molecule has 0 atom stereocenters. The van der Waals surface area contributed by atoms with Crippen LogP contribution in [0.2, 0.25) is 0 Å². The van der Waals surface area contributed by atoms with Gasteiger partial charge in [0.05, 0.1) is 11.3 Å². The van der Waals surface area contributed by atoms with Crippen molar-refractivity contribution in [3.8, 4) is 5.95 Å². The fraction of sp³-hybridized carbons (Fsp3) is 0.381. The average Bonchev–Trinajstić information content (AvgIpc) is 3.29. The molecule has 3 heterocycles. The maximum absolute atomic E-state index is 12.5. The topological polar surface area (TPSA) is 99.0 Å². The standard InChI is InChI=1S/C21H23N5O3S/c1-12-8-13(2)23-21(22-12)26-18(9-14(3)25-26)24-19(27)10-29-20(28)16-11-30-17-7-5-4-6-15(16)17/h8-9,11H,4-7,10H2,1-3H3,(H,24,27). The summed E-state index contributed by atoms with van der Waals surface area (Å²) in [4.78, 5) is 34.9. The molecule has 156 valence electrons. The second kappa shape index (κ2) is 8.35. The summed E-state index contributed by atoms with van der Waals surface area (Å²) in [6.45, 7) is 5.18. The average molecular weight is 426 g/mol. The van der Waals surface area contributed by atoms with Gasteiger partial charge in [0.15, 0.2) is 6.61 Å². The minimum absolute atomic E-state index is 0.373. The van der Waals surface area contributed by atoms with Crippen molar-refractivity contribution in [3.05, 3.63) is 50.6 Å². The van der Waals surface area contributed by atoms with Crippen molar-refractivity contribution in [1.29, 1.82) is 0 Å². The summed E-state index contributed by atoms with van der Waals surface area (Å²) in [5.74, 6) is -0.103. The second-order valence-electron chi connectivity index (χ2n) is 7.42. The molecular weight excluding hydrogens is 402 g/mol. The van der Waals surface area contributed by atoms with Crippen molar-refractivity contribution in [2.75, 3.05) is 11.9 Å². The normalized spacial score (nSPS) is 13.0. The third-order valence-electron chi connectivity index (χ3n) is 4.87. The van der Waals surface area contributed by atoms with Gasteiger partial charge in [0.25, 0.3) is 11.9 Å². The zero-order valence-corrected chi connectivity index (χ0v) is 18.0. The summed E-state index contributed by atoms with van der Waals surface area (Å²) in [7, 11) is 0. The number of nitrogens with one attached hydrogen (secondary N) is 1. The molecule has 0 saturated heterocycles. The summed E-state index contributed by atoms with van der Waals surface area (Å²) in [5, 5.41) is 8.95. The highest BCUT2D eigenvalue weighted by Gasteiger charge is 2.22. The number of ether oxygens (including phenoxy) is 1. The number of thiophene rings is 1. The number of aromatic nitrogens is 4. The van der Waals surface area contributed by atoms with E-state index >= 15 is 0 Å². The minimum Gasteiger partial charge on any atom is -0.452 e. The Kier molecular flexibility index (Phi) is 5.63. The lowest BCUT2D eigenvalue weighted by atomic mass is 9.96. The van der Waals surface area contributed by atoms with Crippen LogP contribution in [-0.2, 0) is 22.4 Å². The summed E-state index contributed by atoms with van der Waals surface area (Å²) in [6, 6.07) is 3.58. The highest BCUT2D eigenvalue weighted by Crippen LogP contribution is 2.30. The van der Waals surface area contributed by atoms with Gasteiger partial charge < -0.3 is 10.1 Å². The van der Waals surface area contributed by atoms with Crippen LogP contribution < -0.4 is 5.32 Å². The van der Waals surface area contributed by atoms with Gasteiger partial charge in [0.1, 0.15) is 5.82 Å². The van der Waals surface area contributed by atoms with E-state index in [1.54, 1.807) is 17.4 Å². The fourth-order valence-corrected chi connectivity index (χ4v) is 4.71. The Morgan fingerprint density at radius 2 is 1.83 bits per heavy atom. The minimum atomic E-state index is -0.452. The van der Waals surface area contributed by atoms with Crippen LogP contribution in [0.3, 0.4) is 0 Å². The molecular formula is C21H23N5O3S. The first-order chi connectivity index (χ1) is 14.4. The summed E-state index contributed by atoms with van der Waals surface area (Å²) < 4.78 is 6.75. The third-order valence-corrected chi connectivity index (χ3v) is 5.96. The van der Waals surface area contributed by atoms with Gasteiger partial charge in [-0.2, -0.15) is 9.78 Å². The van der Waals surface area contributed by atoms with Crippen LogP contribution in [0.4, 0.5) is 5.82 Å². The first-order valence-corrected chi connectivity index (χ1v) is 10.7. The highest BCUT2D eigenvalue weighted by molar-refractivity contribution is 7.10. The van der Waals surface area contributed by atoms with Crippen LogP contribution in [0.5, 0.6) is 0 Å². The molecule has 0 aliphatic heterocycles. The SMILES string of the molecule is Cc1cc(C)nc(-n2nc(C)cc2NC(=O)COC(=O)c2csc3c2CCCC3)n1. The summed E-state index contributed by atoms with van der Waals surface area (Å²) in [5.41, 5.74) is 3.98. The molecule has 3 aromatic rings. The summed E-state index contributed by atoms with van der Waals surface area (Å²) >= 11 is 1.59. The quantitative estimate of drug-likeness (QED) is 0.630. The Bertz CT molecular complexity index is 1100. The van der Waals surface area contributed by atoms with Gasteiger partial charge in [-0.05, 0) is 58.1 Å². The molecule has 8 nitrogen and oxygen atoms in total. The number of hydrogen-bond donors (Lipinski definition) is 1. The smallest absolute Gasteiger partial charge is 0.339 e. The molecule has 0 spiro atoms. The first-order valence-electron chi connectivity index (χ1n) is 9.86. The van der Waals surface area contributed by atoms with E-state index in [1.165, 1.54) is 9.56 Å². The van der Waals surface area contributed by atoms with Crippen molar-refractivity contribution >= 4 is 29.0 Å². The van der Waals surface area contributed by atoms with Crippen LogP contribution in [0, 0.1) is 20.8 Å². The monoisotopic (exact) mass is 425 g/mol. The van der Waals surface area contributed by atoms with E-state index in [0.717, 1.165) is 42.6 Å². The lowest BCUT2D eigenvalue weighted by Crippen LogP contribution is -2.23. The Labute approximate surface area is 178 Å². The number of esters is 1. The molecule has 0 fully saturated rings. The maximum Gasteiger partial charge on any atom is 0.339 e. The van der Waals surface area contributed by atoms with E-state index in [9.17, 15) is 9.59 Å². The van der Waals surface area contributed by atoms with E-state index < -0.39 is 11.9 Å². The van der Waals surface area contributed by atoms with Crippen molar-refractivity contribution in [2.45, 2.75) is 46.5 Å². The van der Waals surface area contributed by atoms with E-state index in [1.807, 2.05) is 32.2 Å². The van der Waals surface area contributed by atoms with Crippen LogP contribution in [0.15, 0.2) is 17.5 Å². The van der Waals surface area contributed by atoms with Gasteiger partial charge in [-0.15, -0.1) is 11.3 Å². The fourth-order valence-electron chi connectivity index (χ4n) is 3.60. The van der Waals surface area contributed by atoms with E-state index in [-0.39, 0.29) is 6.61 Å². The van der Waals surface area contributed by atoms with Crippen LogP contribution in [-0.4, -0.2) is 38.2 Å². The number of carbonyl (C=O) groups excluding carboxylic acids is 2. The highest BCUT2D eigenvalue weighted by atomic mass is 32.1. The summed E-state index contributed by atoms with van der Waals surface area (Å²) in [6.07, 6.45) is 4.14. The lowest BCUT2D eigenvalue weighted by Gasteiger charge is -2.12. The Morgan fingerprint density at radius 1 is 1.10 bits per heavy atom. The second-order valence-corrected chi connectivity index (χ2v) is 8.38. The molecule has 1 aliphatic rings. The maximum atomic E-state index is 12.5. The molecule has 0 radical (unpaired) electrons. The molecule has 0 aromatic carbocycles.